The molecule has 1 N–H and O–H groups in total. The van der Waals surface area contributed by atoms with Crippen molar-refractivity contribution in [3.63, 3.8) is 0 Å². The molecule has 4 aromatic rings. The van der Waals surface area contributed by atoms with Crippen molar-refractivity contribution in [1.29, 1.82) is 0 Å². The summed E-state index contributed by atoms with van der Waals surface area (Å²) >= 11 is 6.18. The number of nitrogens with one attached hydrogen (secondary N) is 1. The van der Waals surface area contributed by atoms with Crippen LogP contribution in [0, 0.1) is 0 Å². The summed E-state index contributed by atoms with van der Waals surface area (Å²) in [6, 6.07) is 28.2. The molecule has 1 aliphatic rings. The highest BCUT2D eigenvalue weighted by molar-refractivity contribution is 7.92. The van der Waals surface area contributed by atoms with E-state index in [4.69, 9.17) is 21.1 Å². The number of benzene rings is 4. The molecule has 1 aliphatic carbocycles. The smallest absolute Gasteiger partial charge is 0.264 e. The average molecular weight is 690 g/mol. The van der Waals surface area contributed by atoms with E-state index in [0.29, 0.717) is 10.8 Å². The van der Waals surface area contributed by atoms with Crippen LogP contribution in [0.4, 0.5) is 5.69 Å². The Balaban J connectivity index is 1.58. The first kappa shape index (κ1) is 34.8. The van der Waals surface area contributed by atoms with Crippen molar-refractivity contribution in [3.8, 4) is 11.5 Å². The van der Waals surface area contributed by atoms with Crippen molar-refractivity contribution in [2.75, 3.05) is 25.1 Å². The fourth-order valence-corrected chi connectivity index (χ4v) is 7.48. The number of rotatable bonds is 14. The van der Waals surface area contributed by atoms with Crippen LogP contribution in [-0.4, -0.2) is 58.0 Å². The number of carbonyl (C=O) groups excluding carboxylic acids is 2. The van der Waals surface area contributed by atoms with E-state index in [9.17, 15) is 18.0 Å². The van der Waals surface area contributed by atoms with Gasteiger partial charge >= 0.3 is 0 Å². The van der Waals surface area contributed by atoms with Crippen molar-refractivity contribution in [1.82, 2.24) is 10.2 Å². The summed E-state index contributed by atoms with van der Waals surface area (Å²) in [5.41, 5.74) is 1.79. The minimum atomic E-state index is -4.31. The summed E-state index contributed by atoms with van der Waals surface area (Å²) < 4.78 is 40.5. The molecule has 0 aliphatic heterocycles. The predicted octanol–water partition coefficient (Wildman–Crippen LogP) is 6.25. The zero-order valence-corrected chi connectivity index (χ0v) is 28.6. The summed E-state index contributed by atoms with van der Waals surface area (Å²) in [5, 5.41) is 3.71. The van der Waals surface area contributed by atoms with E-state index in [0.717, 1.165) is 41.1 Å². The quantitative estimate of drug-likeness (QED) is 0.168. The molecular weight excluding hydrogens is 650 g/mol. The van der Waals surface area contributed by atoms with Gasteiger partial charge in [0.2, 0.25) is 11.8 Å². The Kier molecular flexibility index (Phi) is 11.6. The van der Waals surface area contributed by atoms with Crippen LogP contribution in [0.3, 0.4) is 0 Å². The van der Waals surface area contributed by atoms with Gasteiger partial charge in [0.25, 0.3) is 10.0 Å². The Labute approximate surface area is 287 Å². The molecule has 48 heavy (non-hydrogen) atoms. The lowest BCUT2D eigenvalue weighted by Crippen LogP contribution is -2.54. The standard InChI is InChI=1S/C37H40ClN3O6S/c1-46-31-20-22-32(23-21-31)48(44,45)41(33-14-8-9-15-35(33)47-2)26-36(42)40(25-28-16-18-29(38)19-17-28)34(24-27-10-4-3-5-11-27)37(43)39-30-12-6-7-13-30/h3-5,8-11,14-23,30,34H,6-7,12-13,24-26H2,1-2H3,(H,39,43)/t34-/m0/s1. The number of methoxy groups -OCH3 is 2. The maximum absolute atomic E-state index is 14.7. The third-order valence-corrected chi connectivity index (χ3v) is 10.5. The van der Waals surface area contributed by atoms with E-state index in [1.165, 1.54) is 31.3 Å². The average Bonchev–Trinajstić information content (AvgIpc) is 3.62. The lowest BCUT2D eigenvalue weighted by atomic mass is 10.0. The number of amides is 2. The molecule has 4 aromatic carbocycles. The molecule has 0 spiro atoms. The van der Waals surface area contributed by atoms with Crippen LogP contribution in [0.1, 0.15) is 36.8 Å². The van der Waals surface area contributed by atoms with Gasteiger partial charge < -0.3 is 19.7 Å². The first-order valence-corrected chi connectivity index (χ1v) is 17.7. The highest BCUT2D eigenvalue weighted by atomic mass is 35.5. The zero-order valence-electron chi connectivity index (χ0n) is 27.0. The summed E-state index contributed by atoms with van der Waals surface area (Å²) in [7, 11) is -1.38. The molecular formula is C37H40ClN3O6S. The van der Waals surface area contributed by atoms with E-state index < -0.39 is 28.5 Å². The Hall–Kier alpha value is -4.54. The Morgan fingerprint density at radius 1 is 0.833 bits per heavy atom. The second-order valence-electron chi connectivity index (χ2n) is 11.7. The highest BCUT2D eigenvalue weighted by Gasteiger charge is 2.36. The van der Waals surface area contributed by atoms with Gasteiger partial charge in [0.1, 0.15) is 24.1 Å². The van der Waals surface area contributed by atoms with Gasteiger partial charge in [-0.15, -0.1) is 0 Å². The maximum atomic E-state index is 14.7. The minimum Gasteiger partial charge on any atom is -0.497 e. The van der Waals surface area contributed by atoms with Crippen molar-refractivity contribution in [3.05, 3.63) is 119 Å². The number of hydrogen-bond donors (Lipinski definition) is 1. The number of sulfonamides is 1. The Bertz CT molecular complexity index is 1780. The molecule has 1 atom stereocenters. The van der Waals surface area contributed by atoms with Crippen LogP contribution < -0.4 is 19.1 Å². The van der Waals surface area contributed by atoms with Gasteiger partial charge in [0.05, 0.1) is 24.8 Å². The van der Waals surface area contributed by atoms with Crippen LogP contribution in [0.2, 0.25) is 5.02 Å². The summed E-state index contributed by atoms with van der Waals surface area (Å²) in [6.45, 7) is -0.543. The number of para-hydroxylation sites is 2. The molecule has 2 amide bonds. The number of hydrogen-bond acceptors (Lipinski definition) is 6. The fourth-order valence-electron chi connectivity index (χ4n) is 5.93. The third kappa shape index (κ3) is 8.48. The molecule has 0 unspecified atom stereocenters. The van der Waals surface area contributed by atoms with Gasteiger partial charge in [-0.25, -0.2) is 8.42 Å². The van der Waals surface area contributed by atoms with Gasteiger partial charge in [-0.1, -0.05) is 79.0 Å². The van der Waals surface area contributed by atoms with Gasteiger partial charge in [-0.05, 0) is 72.5 Å². The third-order valence-electron chi connectivity index (χ3n) is 8.52. The van der Waals surface area contributed by atoms with Crippen LogP contribution in [0.5, 0.6) is 11.5 Å². The molecule has 1 fully saturated rings. The molecule has 252 valence electrons. The number of anilines is 1. The van der Waals surface area contributed by atoms with Gasteiger partial charge in [0, 0.05) is 24.0 Å². The van der Waals surface area contributed by atoms with E-state index in [1.54, 1.807) is 60.7 Å². The molecule has 0 saturated heterocycles. The molecule has 5 rings (SSSR count). The van der Waals surface area contributed by atoms with Gasteiger partial charge in [-0.2, -0.15) is 0 Å². The number of halogens is 1. The number of ether oxygens (including phenoxy) is 2. The van der Waals surface area contributed by atoms with Crippen LogP contribution in [0.25, 0.3) is 0 Å². The molecule has 0 heterocycles. The van der Waals surface area contributed by atoms with Crippen molar-refractivity contribution in [2.45, 2.75) is 55.6 Å². The van der Waals surface area contributed by atoms with E-state index >= 15 is 0 Å². The lowest BCUT2D eigenvalue weighted by Gasteiger charge is -2.34. The summed E-state index contributed by atoms with van der Waals surface area (Å²) in [5.74, 6) is -0.0862. The number of carbonyl (C=O) groups is 2. The second-order valence-corrected chi connectivity index (χ2v) is 14.0. The lowest BCUT2D eigenvalue weighted by molar-refractivity contribution is -0.140. The number of nitrogens with zero attached hydrogens (tertiary/aromatic N) is 2. The second kappa shape index (κ2) is 16.0. The molecule has 9 nitrogen and oxygen atoms in total. The van der Waals surface area contributed by atoms with Crippen LogP contribution in [-0.2, 0) is 32.6 Å². The zero-order chi connectivity index (χ0) is 34.1. The van der Waals surface area contributed by atoms with Gasteiger partial charge in [0.15, 0.2) is 0 Å². The van der Waals surface area contributed by atoms with Crippen molar-refractivity contribution < 1.29 is 27.5 Å². The predicted molar refractivity (Wildman–Crippen MR) is 187 cm³/mol. The minimum absolute atomic E-state index is 0.0174. The highest BCUT2D eigenvalue weighted by Crippen LogP contribution is 2.33. The first-order valence-electron chi connectivity index (χ1n) is 15.9. The van der Waals surface area contributed by atoms with E-state index in [1.807, 2.05) is 30.3 Å². The summed E-state index contributed by atoms with van der Waals surface area (Å²) in [4.78, 5) is 30.3. The largest absolute Gasteiger partial charge is 0.497 e. The van der Waals surface area contributed by atoms with Crippen molar-refractivity contribution in [2.24, 2.45) is 0 Å². The molecule has 0 aromatic heterocycles. The van der Waals surface area contributed by atoms with Gasteiger partial charge in [-0.3, -0.25) is 13.9 Å². The van der Waals surface area contributed by atoms with E-state index in [-0.39, 0.29) is 41.2 Å². The molecule has 0 bridgehead atoms. The Morgan fingerprint density at radius 3 is 2.12 bits per heavy atom. The summed E-state index contributed by atoms with van der Waals surface area (Å²) in [6.07, 6.45) is 4.03. The normalized spacial score (nSPS) is 13.8. The molecule has 0 radical (unpaired) electrons. The Morgan fingerprint density at radius 2 is 1.48 bits per heavy atom. The molecule has 11 heteroatoms. The molecule has 1 saturated carbocycles. The topological polar surface area (TPSA) is 105 Å². The maximum Gasteiger partial charge on any atom is 0.264 e. The fraction of sp³-hybridized carbons (Fsp3) is 0.297. The van der Waals surface area contributed by atoms with E-state index in [2.05, 4.69) is 5.32 Å². The van der Waals surface area contributed by atoms with Crippen molar-refractivity contribution >= 4 is 39.1 Å². The van der Waals surface area contributed by atoms with Crippen LogP contribution in [0.15, 0.2) is 108 Å². The first-order chi connectivity index (χ1) is 23.2. The SMILES string of the molecule is COc1ccc(S(=O)(=O)N(CC(=O)N(Cc2ccc(Cl)cc2)[C@@H](Cc2ccccc2)C(=O)NC2CCCC2)c2ccccc2OC)cc1. The monoisotopic (exact) mass is 689 g/mol. The van der Waals surface area contributed by atoms with Crippen LogP contribution >= 0.6 is 11.6 Å².